The number of carboxylic acid groups (broad SMARTS) is 1. The molecular formula is C25H22ClN5O3. The molecule has 34 heavy (non-hydrogen) atoms. The lowest BCUT2D eigenvalue weighted by atomic mass is 10.0. The maximum atomic E-state index is 13.0. The van der Waals surface area contributed by atoms with Crippen molar-refractivity contribution in [3.63, 3.8) is 0 Å². The predicted molar refractivity (Wildman–Crippen MR) is 129 cm³/mol. The van der Waals surface area contributed by atoms with E-state index in [1.165, 1.54) is 6.08 Å². The SMILES string of the molecule is Cc1ccc2c(c1)c(/C=C/C(=O)O)c1n2CC(NC(=O)c2ccc(-n3cnnc3)cc2Cl)CC1. The smallest absolute Gasteiger partial charge is 0.328 e. The van der Waals surface area contributed by atoms with Crippen molar-refractivity contribution >= 4 is 40.5 Å². The normalized spacial score (nSPS) is 15.5. The molecule has 0 bridgehead atoms. The number of nitrogens with one attached hydrogen (secondary N) is 1. The lowest BCUT2D eigenvalue weighted by molar-refractivity contribution is -0.131. The zero-order valence-electron chi connectivity index (χ0n) is 18.4. The van der Waals surface area contributed by atoms with E-state index in [0.717, 1.165) is 46.3 Å². The summed E-state index contributed by atoms with van der Waals surface area (Å²) in [6, 6.07) is 11.3. The first-order chi connectivity index (χ1) is 16.4. The van der Waals surface area contributed by atoms with Crippen LogP contribution in [-0.2, 0) is 17.8 Å². The van der Waals surface area contributed by atoms with E-state index in [0.29, 0.717) is 17.1 Å². The molecule has 4 aromatic rings. The zero-order valence-corrected chi connectivity index (χ0v) is 19.2. The van der Waals surface area contributed by atoms with Crippen molar-refractivity contribution in [1.82, 2.24) is 24.6 Å². The topological polar surface area (TPSA) is 102 Å². The van der Waals surface area contributed by atoms with Gasteiger partial charge in [0.15, 0.2) is 0 Å². The zero-order chi connectivity index (χ0) is 23.8. The summed E-state index contributed by atoms with van der Waals surface area (Å²) in [4.78, 5) is 24.2. The van der Waals surface area contributed by atoms with Crippen molar-refractivity contribution in [2.45, 2.75) is 32.4 Å². The monoisotopic (exact) mass is 475 g/mol. The highest BCUT2D eigenvalue weighted by Crippen LogP contribution is 2.33. The number of carbonyl (C=O) groups is 2. The van der Waals surface area contributed by atoms with Crippen LogP contribution in [0.25, 0.3) is 22.7 Å². The molecule has 0 spiro atoms. The minimum absolute atomic E-state index is 0.0817. The van der Waals surface area contributed by atoms with Crippen LogP contribution in [0.2, 0.25) is 5.02 Å². The second-order valence-corrected chi connectivity index (χ2v) is 8.81. The van der Waals surface area contributed by atoms with Gasteiger partial charge < -0.3 is 15.0 Å². The predicted octanol–water partition coefficient (Wildman–Crippen LogP) is 4.03. The number of hydrogen-bond acceptors (Lipinski definition) is 4. The van der Waals surface area contributed by atoms with Gasteiger partial charge in [0.05, 0.1) is 10.6 Å². The third kappa shape index (κ3) is 4.08. The molecule has 0 aliphatic carbocycles. The van der Waals surface area contributed by atoms with Crippen molar-refractivity contribution in [2.75, 3.05) is 0 Å². The third-order valence-electron chi connectivity index (χ3n) is 6.14. The number of carbonyl (C=O) groups excluding carboxylic acids is 1. The minimum atomic E-state index is -0.978. The van der Waals surface area contributed by atoms with Gasteiger partial charge in [-0.1, -0.05) is 23.2 Å². The van der Waals surface area contributed by atoms with Crippen molar-refractivity contribution in [2.24, 2.45) is 0 Å². The second kappa shape index (κ2) is 8.79. The number of aromatic nitrogens is 4. The van der Waals surface area contributed by atoms with Gasteiger partial charge in [-0.3, -0.25) is 9.36 Å². The summed E-state index contributed by atoms with van der Waals surface area (Å²) in [5, 5.41) is 21.2. The summed E-state index contributed by atoms with van der Waals surface area (Å²) in [6.07, 6.45) is 7.44. The molecule has 0 saturated heterocycles. The first kappa shape index (κ1) is 21.9. The average Bonchev–Trinajstić information content (AvgIpc) is 3.44. The first-order valence-electron chi connectivity index (χ1n) is 10.9. The van der Waals surface area contributed by atoms with Crippen LogP contribution in [0.5, 0.6) is 0 Å². The maximum absolute atomic E-state index is 13.0. The largest absolute Gasteiger partial charge is 0.478 e. The van der Waals surface area contributed by atoms with Crippen molar-refractivity contribution in [1.29, 1.82) is 0 Å². The molecule has 1 atom stereocenters. The highest BCUT2D eigenvalue weighted by Gasteiger charge is 2.26. The molecule has 1 aliphatic rings. The fourth-order valence-corrected chi connectivity index (χ4v) is 4.81. The standard InChI is InChI=1S/C25H22ClN5O3/c1-15-2-7-23-20(10-15)18(6-9-24(32)33)22-8-3-16(12-31(22)23)29-25(34)19-5-4-17(11-21(19)26)30-13-27-28-14-30/h2,4-7,9-11,13-14,16H,3,8,12H2,1H3,(H,29,34)(H,32,33)/b9-6+. The van der Waals surface area contributed by atoms with Crippen LogP contribution in [-0.4, -0.2) is 42.4 Å². The Morgan fingerprint density at radius 1 is 1.18 bits per heavy atom. The Hall–Kier alpha value is -3.91. The van der Waals surface area contributed by atoms with E-state index < -0.39 is 5.97 Å². The Balaban J connectivity index is 1.40. The Bertz CT molecular complexity index is 1440. The molecule has 172 valence electrons. The summed E-state index contributed by atoms with van der Waals surface area (Å²) < 4.78 is 3.90. The summed E-state index contributed by atoms with van der Waals surface area (Å²) >= 11 is 6.42. The van der Waals surface area contributed by atoms with Gasteiger partial charge in [0.2, 0.25) is 0 Å². The Morgan fingerprint density at radius 2 is 1.97 bits per heavy atom. The summed E-state index contributed by atoms with van der Waals surface area (Å²) in [5.74, 6) is -1.21. The number of fused-ring (bicyclic) bond motifs is 3. The number of halogens is 1. The third-order valence-corrected chi connectivity index (χ3v) is 6.46. The number of hydrogen-bond donors (Lipinski definition) is 2. The molecule has 2 aromatic carbocycles. The van der Waals surface area contributed by atoms with Crippen molar-refractivity contribution < 1.29 is 14.7 Å². The van der Waals surface area contributed by atoms with Crippen molar-refractivity contribution in [3.8, 4) is 5.69 Å². The molecule has 2 aromatic heterocycles. The van der Waals surface area contributed by atoms with Gasteiger partial charge in [-0.05, 0) is 56.2 Å². The van der Waals surface area contributed by atoms with Gasteiger partial charge in [0, 0.05) is 46.5 Å². The number of aryl methyl sites for hydroxylation is 1. The van der Waals surface area contributed by atoms with E-state index >= 15 is 0 Å². The van der Waals surface area contributed by atoms with Gasteiger partial charge in [0.25, 0.3) is 5.91 Å². The van der Waals surface area contributed by atoms with Gasteiger partial charge in [-0.15, -0.1) is 10.2 Å². The van der Waals surface area contributed by atoms with Gasteiger partial charge >= 0.3 is 5.97 Å². The molecule has 9 heteroatoms. The lowest BCUT2D eigenvalue weighted by Gasteiger charge is -2.27. The van der Waals surface area contributed by atoms with E-state index in [1.807, 2.05) is 13.0 Å². The molecule has 0 radical (unpaired) electrons. The van der Waals surface area contributed by atoms with E-state index in [9.17, 15) is 9.59 Å². The molecule has 5 rings (SSSR count). The van der Waals surface area contributed by atoms with E-state index in [4.69, 9.17) is 16.7 Å². The molecule has 2 N–H and O–H groups in total. The molecule has 8 nitrogen and oxygen atoms in total. The Morgan fingerprint density at radius 3 is 2.71 bits per heavy atom. The van der Waals surface area contributed by atoms with E-state index in [-0.39, 0.29) is 11.9 Å². The van der Waals surface area contributed by atoms with Gasteiger partial charge in [-0.2, -0.15) is 0 Å². The number of nitrogens with zero attached hydrogens (tertiary/aromatic N) is 4. The minimum Gasteiger partial charge on any atom is -0.478 e. The molecular weight excluding hydrogens is 454 g/mol. The van der Waals surface area contributed by atoms with Gasteiger partial charge in [-0.25, -0.2) is 4.79 Å². The van der Waals surface area contributed by atoms with Crippen LogP contribution >= 0.6 is 11.6 Å². The second-order valence-electron chi connectivity index (χ2n) is 8.41. The number of aliphatic carboxylic acids is 1. The summed E-state index contributed by atoms with van der Waals surface area (Å²) in [5.41, 5.74) is 5.32. The van der Waals surface area contributed by atoms with Crippen molar-refractivity contribution in [3.05, 3.63) is 82.5 Å². The molecule has 0 fully saturated rings. The number of amides is 1. The van der Waals surface area contributed by atoms with Crippen LogP contribution in [0, 0.1) is 6.92 Å². The van der Waals surface area contributed by atoms with Crippen LogP contribution in [0.4, 0.5) is 0 Å². The molecule has 1 unspecified atom stereocenters. The van der Waals surface area contributed by atoms with Crippen LogP contribution in [0.15, 0.2) is 55.1 Å². The summed E-state index contributed by atoms with van der Waals surface area (Å²) in [7, 11) is 0. The summed E-state index contributed by atoms with van der Waals surface area (Å²) in [6.45, 7) is 2.61. The Labute approximate surface area is 200 Å². The molecule has 1 aliphatic heterocycles. The Kier molecular flexibility index (Phi) is 5.67. The fraction of sp³-hybridized carbons (Fsp3) is 0.200. The fourth-order valence-electron chi connectivity index (χ4n) is 4.55. The molecule has 1 amide bonds. The maximum Gasteiger partial charge on any atom is 0.328 e. The molecule has 0 saturated carbocycles. The highest BCUT2D eigenvalue weighted by atomic mass is 35.5. The van der Waals surface area contributed by atoms with Crippen LogP contribution in [0.1, 0.15) is 33.6 Å². The van der Waals surface area contributed by atoms with Gasteiger partial charge in [0.1, 0.15) is 12.7 Å². The number of benzene rings is 2. The molecule has 3 heterocycles. The first-order valence-corrected chi connectivity index (χ1v) is 11.3. The van der Waals surface area contributed by atoms with Crippen LogP contribution in [0.3, 0.4) is 0 Å². The van der Waals surface area contributed by atoms with E-state index in [2.05, 4.69) is 32.2 Å². The highest BCUT2D eigenvalue weighted by molar-refractivity contribution is 6.34. The number of rotatable bonds is 5. The van der Waals surface area contributed by atoms with Crippen LogP contribution < -0.4 is 5.32 Å². The quantitative estimate of drug-likeness (QED) is 0.424. The lowest BCUT2D eigenvalue weighted by Crippen LogP contribution is -2.41. The number of carboxylic acids is 1. The van der Waals surface area contributed by atoms with E-state index in [1.54, 1.807) is 41.5 Å². The average molecular weight is 476 g/mol.